The van der Waals surface area contributed by atoms with Gasteiger partial charge in [0, 0.05) is 6.20 Å². The highest BCUT2D eigenvalue weighted by Crippen LogP contribution is 2.19. The Morgan fingerprint density at radius 3 is 2.71 bits per heavy atom. The van der Waals surface area contributed by atoms with Gasteiger partial charge in [-0.1, -0.05) is 18.2 Å². The number of aliphatic hydroxyl groups excluding tert-OH is 1. The van der Waals surface area contributed by atoms with Crippen molar-refractivity contribution in [3.05, 3.63) is 54.4 Å². The summed E-state index contributed by atoms with van der Waals surface area (Å²) in [6.45, 7) is 0.554. The van der Waals surface area contributed by atoms with E-state index in [1.165, 1.54) is 11.1 Å². The molecule has 1 aromatic heterocycles. The van der Waals surface area contributed by atoms with E-state index in [0.717, 1.165) is 0 Å². The van der Waals surface area contributed by atoms with E-state index in [4.69, 9.17) is 4.74 Å². The van der Waals surface area contributed by atoms with Crippen LogP contribution >= 0.6 is 0 Å². The van der Waals surface area contributed by atoms with Crippen LogP contribution in [0.4, 0.5) is 0 Å². The van der Waals surface area contributed by atoms with E-state index < -0.39 is 12.2 Å². The average Bonchev–Trinajstić information content (AvgIpc) is 2.89. The lowest BCUT2D eigenvalue weighted by molar-refractivity contribution is 0.0728. The normalized spacial score (nSPS) is 21.3. The van der Waals surface area contributed by atoms with E-state index in [0.29, 0.717) is 12.3 Å². The van der Waals surface area contributed by atoms with Gasteiger partial charge in [-0.3, -0.25) is 4.79 Å². The fraction of sp³-hybridized carbons (Fsp3) is 0.267. The Morgan fingerprint density at radius 1 is 1.19 bits per heavy atom. The topological polar surface area (TPSA) is 75.6 Å². The lowest BCUT2D eigenvalue weighted by Crippen LogP contribution is -2.31. The van der Waals surface area contributed by atoms with Crippen molar-refractivity contribution >= 4 is 5.91 Å². The van der Waals surface area contributed by atoms with Crippen molar-refractivity contribution in [2.45, 2.75) is 12.2 Å². The second-order valence-electron chi connectivity index (χ2n) is 4.86. The van der Waals surface area contributed by atoms with Crippen molar-refractivity contribution in [3.8, 4) is 5.75 Å². The van der Waals surface area contributed by atoms with Gasteiger partial charge >= 0.3 is 0 Å². The van der Waals surface area contributed by atoms with Crippen molar-refractivity contribution in [2.24, 2.45) is 0 Å². The van der Waals surface area contributed by atoms with Gasteiger partial charge in [0.15, 0.2) is 5.69 Å². The van der Waals surface area contributed by atoms with Gasteiger partial charge in [-0.05, 0) is 24.3 Å². The van der Waals surface area contributed by atoms with Gasteiger partial charge < -0.3 is 14.7 Å². The predicted molar refractivity (Wildman–Crippen MR) is 74.8 cm³/mol. The lowest BCUT2D eigenvalue weighted by atomic mass is 10.2. The SMILES string of the molecule is O=C(c1cccnn1)N1C[C@@H](O)[C@H](Oc2ccccc2)C1. The number of likely N-dealkylation sites (tertiary alicyclic amines) is 1. The van der Waals surface area contributed by atoms with Crippen LogP contribution in [0, 0.1) is 0 Å². The largest absolute Gasteiger partial charge is 0.486 e. The van der Waals surface area contributed by atoms with Crippen LogP contribution in [-0.2, 0) is 0 Å². The summed E-state index contributed by atoms with van der Waals surface area (Å²) in [6, 6.07) is 12.5. The molecule has 1 aromatic carbocycles. The van der Waals surface area contributed by atoms with Crippen LogP contribution in [-0.4, -0.2) is 51.4 Å². The maximum absolute atomic E-state index is 12.2. The Hall–Kier alpha value is -2.47. The predicted octanol–water partition coefficient (Wildman–Crippen LogP) is 0.741. The molecule has 2 aromatic rings. The number of carbonyl (C=O) groups excluding carboxylic acids is 1. The van der Waals surface area contributed by atoms with E-state index in [1.54, 1.807) is 12.1 Å². The molecule has 2 atom stereocenters. The summed E-state index contributed by atoms with van der Waals surface area (Å²) in [6.07, 6.45) is 0.357. The third-order valence-corrected chi connectivity index (χ3v) is 3.35. The van der Waals surface area contributed by atoms with Gasteiger partial charge in [0.25, 0.3) is 5.91 Å². The van der Waals surface area contributed by atoms with Crippen LogP contribution in [0.25, 0.3) is 0 Å². The van der Waals surface area contributed by atoms with E-state index in [1.807, 2.05) is 30.3 Å². The van der Waals surface area contributed by atoms with Gasteiger partial charge in [0.1, 0.15) is 18.0 Å². The molecule has 108 valence electrons. The van der Waals surface area contributed by atoms with Gasteiger partial charge in [-0.15, -0.1) is 5.10 Å². The molecule has 0 spiro atoms. The monoisotopic (exact) mass is 285 g/mol. The average molecular weight is 285 g/mol. The number of amides is 1. The second kappa shape index (κ2) is 5.88. The summed E-state index contributed by atoms with van der Waals surface area (Å²) in [7, 11) is 0. The Labute approximate surface area is 122 Å². The molecule has 0 saturated carbocycles. The van der Waals surface area contributed by atoms with E-state index in [2.05, 4.69) is 10.2 Å². The summed E-state index contributed by atoms with van der Waals surface area (Å²) in [4.78, 5) is 13.8. The number of aliphatic hydroxyl groups is 1. The van der Waals surface area contributed by atoms with Crippen LogP contribution in [0.15, 0.2) is 48.7 Å². The number of para-hydroxylation sites is 1. The molecule has 3 rings (SSSR count). The molecular weight excluding hydrogens is 270 g/mol. The van der Waals surface area contributed by atoms with Crippen molar-refractivity contribution in [3.63, 3.8) is 0 Å². The summed E-state index contributed by atoms with van der Waals surface area (Å²) in [5.41, 5.74) is 0.269. The van der Waals surface area contributed by atoms with Crippen molar-refractivity contribution in [1.82, 2.24) is 15.1 Å². The number of carbonyl (C=O) groups is 1. The van der Waals surface area contributed by atoms with E-state index >= 15 is 0 Å². The molecule has 1 N–H and O–H groups in total. The highest BCUT2D eigenvalue weighted by atomic mass is 16.5. The minimum absolute atomic E-state index is 0.229. The quantitative estimate of drug-likeness (QED) is 0.900. The smallest absolute Gasteiger partial charge is 0.274 e. The number of ether oxygens (including phenoxy) is 1. The van der Waals surface area contributed by atoms with Gasteiger partial charge in [0.2, 0.25) is 0 Å². The van der Waals surface area contributed by atoms with Gasteiger partial charge in [-0.2, -0.15) is 5.10 Å². The molecule has 1 amide bonds. The number of β-amino-alcohol motifs (C(OH)–C–C–N with tert-alkyl or cyclic N) is 1. The Kier molecular flexibility index (Phi) is 3.79. The highest BCUT2D eigenvalue weighted by molar-refractivity contribution is 5.92. The minimum atomic E-state index is -0.717. The molecule has 2 heterocycles. The first kappa shape index (κ1) is 13.5. The maximum atomic E-state index is 12.2. The minimum Gasteiger partial charge on any atom is -0.486 e. The second-order valence-corrected chi connectivity index (χ2v) is 4.86. The van der Waals surface area contributed by atoms with Crippen LogP contribution in [0.5, 0.6) is 5.75 Å². The molecule has 1 saturated heterocycles. The molecule has 0 unspecified atom stereocenters. The Morgan fingerprint density at radius 2 is 2.00 bits per heavy atom. The summed E-state index contributed by atoms with van der Waals surface area (Å²) >= 11 is 0. The summed E-state index contributed by atoms with van der Waals surface area (Å²) in [5.74, 6) is 0.427. The number of hydrogen-bond acceptors (Lipinski definition) is 5. The number of benzene rings is 1. The number of rotatable bonds is 3. The maximum Gasteiger partial charge on any atom is 0.274 e. The summed E-state index contributed by atoms with van der Waals surface area (Å²) < 4.78 is 5.72. The molecule has 1 aliphatic rings. The molecular formula is C15H15N3O3. The first-order chi connectivity index (χ1) is 10.2. The fourth-order valence-corrected chi connectivity index (χ4v) is 2.29. The third-order valence-electron chi connectivity index (χ3n) is 3.35. The van der Waals surface area contributed by atoms with Crippen molar-refractivity contribution in [1.29, 1.82) is 0 Å². The zero-order valence-corrected chi connectivity index (χ0v) is 11.3. The first-order valence-electron chi connectivity index (χ1n) is 6.71. The molecule has 0 bridgehead atoms. The molecule has 0 radical (unpaired) electrons. The molecule has 0 aliphatic carbocycles. The first-order valence-corrected chi connectivity index (χ1v) is 6.71. The van der Waals surface area contributed by atoms with Crippen LogP contribution in [0.3, 0.4) is 0 Å². The molecule has 21 heavy (non-hydrogen) atoms. The van der Waals surface area contributed by atoms with Crippen molar-refractivity contribution < 1.29 is 14.6 Å². The zero-order chi connectivity index (χ0) is 14.7. The lowest BCUT2D eigenvalue weighted by Gasteiger charge is -2.16. The van der Waals surface area contributed by atoms with Gasteiger partial charge in [-0.25, -0.2) is 0 Å². The molecule has 6 heteroatoms. The zero-order valence-electron chi connectivity index (χ0n) is 11.3. The third kappa shape index (κ3) is 3.00. The molecule has 1 fully saturated rings. The standard InChI is InChI=1S/C15H15N3O3/c19-13-9-18(15(20)12-7-4-8-16-17-12)10-14(13)21-11-5-2-1-3-6-11/h1-8,13-14,19H,9-10H2/t13-,14-/m1/s1. The van der Waals surface area contributed by atoms with Crippen LogP contribution in [0.1, 0.15) is 10.5 Å². The highest BCUT2D eigenvalue weighted by Gasteiger charge is 2.36. The van der Waals surface area contributed by atoms with Gasteiger partial charge in [0.05, 0.1) is 13.1 Å². The van der Waals surface area contributed by atoms with E-state index in [9.17, 15) is 9.90 Å². The van der Waals surface area contributed by atoms with E-state index in [-0.39, 0.29) is 18.1 Å². The molecule has 6 nitrogen and oxygen atoms in total. The number of aromatic nitrogens is 2. The van der Waals surface area contributed by atoms with Crippen molar-refractivity contribution in [2.75, 3.05) is 13.1 Å². The number of nitrogens with zero attached hydrogens (tertiary/aromatic N) is 3. The van der Waals surface area contributed by atoms with Crippen LogP contribution < -0.4 is 4.74 Å². The summed E-state index contributed by atoms with van der Waals surface area (Å²) in [5, 5.41) is 17.5. The Balaban J connectivity index is 1.67. The number of hydrogen-bond donors (Lipinski definition) is 1. The molecule has 1 aliphatic heterocycles. The van der Waals surface area contributed by atoms with Crippen LogP contribution in [0.2, 0.25) is 0 Å². The Bertz CT molecular complexity index is 606. The fourth-order valence-electron chi connectivity index (χ4n) is 2.29.